The van der Waals surface area contributed by atoms with Crippen molar-refractivity contribution in [1.29, 1.82) is 0 Å². The molecule has 0 bridgehead atoms. The molecule has 5 nitrogen and oxygen atoms in total. The SMILES string of the molecule is Nc1cc(C(=O)NCCc2ccccc2F)[nH]n1. The van der Waals surface area contributed by atoms with Gasteiger partial charge in [0.1, 0.15) is 17.3 Å². The molecule has 0 aliphatic carbocycles. The first-order chi connectivity index (χ1) is 8.66. The average molecular weight is 248 g/mol. The Labute approximate surface area is 103 Å². The highest BCUT2D eigenvalue weighted by Crippen LogP contribution is 2.06. The lowest BCUT2D eigenvalue weighted by Gasteiger charge is -2.04. The van der Waals surface area contributed by atoms with Crippen LogP contribution in [0.25, 0.3) is 0 Å². The van der Waals surface area contributed by atoms with Crippen molar-refractivity contribution in [3.05, 3.63) is 47.4 Å². The lowest BCUT2D eigenvalue weighted by Crippen LogP contribution is -2.26. The van der Waals surface area contributed by atoms with Gasteiger partial charge in [-0.1, -0.05) is 18.2 Å². The molecule has 18 heavy (non-hydrogen) atoms. The molecule has 1 aromatic heterocycles. The maximum atomic E-state index is 13.3. The number of hydrogen-bond donors (Lipinski definition) is 3. The van der Waals surface area contributed by atoms with E-state index in [9.17, 15) is 9.18 Å². The van der Waals surface area contributed by atoms with Crippen molar-refractivity contribution in [2.24, 2.45) is 0 Å². The van der Waals surface area contributed by atoms with Crippen LogP contribution in [-0.2, 0) is 6.42 Å². The molecule has 2 aromatic rings. The Morgan fingerprint density at radius 3 is 2.89 bits per heavy atom. The quantitative estimate of drug-likeness (QED) is 0.757. The fourth-order valence-corrected chi connectivity index (χ4v) is 1.56. The van der Waals surface area contributed by atoms with Crippen LogP contribution < -0.4 is 11.1 Å². The summed E-state index contributed by atoms with van der Waals surface area (Å²) >= 11 is 0. The molecular weight excluding hydrogens is 235 g/mol. The van der Waals surface area contributed by atoms with Crippen molar-refractivity contribution in [2.75, 3.05) is 12.3 Å². The van der Waals surface area contributed by atoms with Crippen LogP contribution in [0.5, 0.6) is 0 Å². The molecule has 94 valence electrons. The summed E-state index contributed by atoms with van der Waals surface area (Å²) in [6.45, 7) is 0.346. The summed E-state index contributed by atoms with van der Waals surface area (Å²) in [7, 11) is 0. The minimum Gasteiger partial charge on any atom is -0.382 e. The number of hydrogen-bond acceptors (Lipinski definition) is 3. The zero-order valence-corrected chi connectivity index (χ0v) is 9.61. The van der Waals surface area contributed by atoms with Crippen LogP contribution in [-0.4, -0.2) is 22.6 Å². The molecule has 0 aliphatic rings. The van der Waals surface area contributed by atoms with Gasteiger partial charge in [0.25, 0.3) is 5.91 Å². The molecule has 0 unspecified atom stereocenters. The summed E-state index contributed by atoms with van der Waals surface area (Å²) < 4.78 is 13.3. The van der Waals surface area contributed by atoms with Crippen molar-refractivity contribution >= 4 is 11.7 Å². The van der Waals surface area contributed by atoms with Gasteiger partial charge in [-0.15, -0.1) is 0 Å². The average Bonchev–Trinajstić information content (AvgIpc) is 2.78. The summed E-state index contributed by atoms with van der Waals surface area (Å²) in [6, 6.07) is 7.92. The molecule has 0 fully saturated rings. The maximum Gasteiger partial charge on any atom is 0.269 e. The van der Waals surface area contributed by atoms with Gasteiger partial charge in [-0.2, -0.15) is 5.10 Å². The third kappa shape index (κ3) is 2.85. The number of nitrogens with zero attached hydrogens (tertiary/aromatic N) is 1. The smallest absolute Gasteiger partial charge is 0.269 e. The van der Waals surface area contributed by atoms with E-state index in [0.717, 1.165) is 0 Å². The fourth-order valence-electron chi connectivity index (χ4n) is 1.56. The van der Waals surface area contributed by atoms with E-state index in [1.807, 2.05) is 0 Å². The Kier molecular flexibility index (Phi) is 3.57. The number of amides is 1. The van der Waals surface area contributed by atoms with Gasteiger partial charge in [0.15, 0.2) is 0 Å². The summed E-state index contributed by atoms with van der Waals surface area (Å²) in [5, 5.41) is 8.81. The minimum atomic E-state index is -0.310. The molecule has 1 amide bonds. The van der Waals surface area contributed by atoms with Gasteiger partial charge in [0.05, 0.1) is 0 Å². The van der Waals surface area contributed by atoms with Crippen LogP contribution in [0.15, 0.2) is 30.3 Å². The lowest BCUT2D eigenvalue weighted by atomic mass is 10.1. The molecule has 0 saturated carbocycles. The van der Waals surface area contributed by atoms with Gasteiger partial charge in [0.2, 0.25) is 0 Å². The van der Waals surface area contributed by atoms with Crippen LogP contribution >= 0.6 is 0 Å². The van der Waals surface area contributed by atoms with Gasteiger partial charge >= 0.3 is 0 Å². The molecule has 4 N–H and O–H groups in total. The van der Waals surface area contributed by atoms with Crippen LogP contribution in [0.4, 0.5) is 10.2 Å². The molecular formula is C12H13FN4O. The highest BCUT2D eigenvalue weighted by atomic mass is 19.1. The lowest BCUT2D eigenvalue weighted by molar-refractivity contribution is 0.0949. The first-order valence-corrected chi connectivity index (χ1v) is 5.49. The van der Waals surface area contributed by atoms with Crippen LogP contribution in [0.2, 0.25) is 0 Å². The van der Waals surface area contributed by atoms with Gasteiger partial charge in [-0.25, -0.2) is 4.39 Å². The Balaban J connectivity index is 1.86. The van der Waals surface area contributed by atoms with Crippen LogP contribution in [0.1, 0.15) is 16.1 Å². The van der Waals surface area contributed by atoms with Gasteiger partial charge in [-0.3, -0.25) is 9.89 Å². The molecule has 1 aromatic carbocycles. The van der Waals surface area contributed by atoms with Crippen LogP contribution in [0.3, 0.4) is 0 Å². The number of aromatic nitrogens is 2. The number of nitrogens with two attached hydrogens (primary N) is 1. The van der Waals surface area contributed by atoms with E-state index < -0.39 is 0 Å². The number of H-pyrrole nitrogens is 1. The van der Waals surface area contributed by atoms with E-state index in [4.69, 9.17) is 5.73 Å². The molecule has 0 saturated heterocycles. The Hall–Kier alpha value is -2.37. The number of aromatic amines is 1. The van der Waals surface area contributed by atoms with Gasteiger partial charge < -0.3 is 11.1 Å². The predicted octanol–water partition coefficient (Wildman–Crippen LogP) is 1.10. The van der Waals surface area contributed by atoms with E-state index in [1.54, 1.807) is 18.2 Å². The van der Waals surface area contributed by atoms with Crippen molar-refractivity contribution in [1.82, 2.24) is 15.5 Å². The molecule has 6 heteroatoms. The summed E-state index contributed by atoms with van der Waals surface area (Å²) in [5.41, 5.74) is 6.25. The summed E-state index contributed by atoms with van der Waals surface area (Å²) in [4.78, 5) is 11.6. The first kappa shape index (κ1) is 12.1. The number of rotatable bonds is 4. The second-order valence-electron chi connectivity index (χ2n) is 3.80. The number of anilines is 1. The molecule has 0 spiro atoms. The van der Waals surface area contributed by atoms with E-state index in [-0.39, 0.29) is 17.5 Å². The maximum absolute atomic E-state index is 13.3. The zero-order chi connectivity index (χ0) is 13.0. The largest absolute Gasteiger partial charge is 0.382 e. The van der Waals surface area contributed by atoms with Crippen molar-refractivity contribution < 1.29 is 9.18 Å². The highest BCUT2D eigenvalue weighted by molar-refractivity contribution is 5.92. The highest BCUT2D eigenvalue weighted by Gasteiger charge is 2.08. The predicted molar refractivity (Wildman–Crippen MR) is 65.4 cm³/mol. The van der Waals surface area contributed by atoms with Gasteiger partial charge in [-0.05, 0) is 18.1 Å². The zero-order valence-electron chi connectivity index (χ0n) is 9.61. The molecule has 0 radical (unpaired) electrons. The molecule has 2 rings (SSSR count). The molecule has 0 aliphatic heterocycles. The first-order valence-electron chi connectivity index (χ1n) is 5.49. The van der Waals surface area contributed by atoms with Crippen molar-refractivity contribution in [3.63, 3.8) is 0 Å². The number of carbonyl (C=O) groups is 1. The topological polar surface area (TPSA) is 83.8 Å². The Morgan fingerprint density at radius 2 is 2.22 bits per heavy atom. The number of nitrogens with one attached hydrogen (secondary N) is 2. The Morgan fingerprint density at radius 1 is 1.44 bits per heavy atom. The number of nitrogen functional groups attached to an aromatic ring is 1. The van der Waals surface area contributed by atoms with E-state index >= 15 is 0 Å². The normalized spacial score (nSPS) is 10.3. The standard InChI is InChI=1S/C12H13FN4O/c13-9-4-2-1-3-8(9)5-6-15-12(18)10-7-11(14)17-16-10/h1-4,7H,5-6H2,(H,15,18)(H3,14,16,17). The second-order valence-corrected chi connectivity index (χ2v) is 3.80. The second kappa shape index (κ2) is 5.31. The summed E-state index contributed by atoms with van der Waals surface area (Å²) in [6.07, 6.45) is 0.433. The number of benzene rings is 1. The van der Waals surface area contributed by atoms with Crippen molar-refractivity contribution in [2.45, 2.75) is 6.42 Å². The molecule has 0 atom stereocenters. The minimum absolute atomic E-state index is 0.259. The Bertz CT molecular complexity index is 553. The van der Waals surface area contributed by atoms with E-state index in [1.165, 1.54) is 12.1 Å². The monoisotopic (exact) mass is 248 g/mol. The fraction of sp³-hybridized carbons (Fsp3) is 0.167. The molecule has 1 heterocycles. The third-order valence-electron chi connectivity index (χ3n) is 2.48. The van der Waals surface area contributed by atoms with Crippen LogP contribution in [0, 0.1) is 5.82 Å². The number of halogens is 1. The van der Waals surface area contributed by atoms with Crippen molar-refractivity contribution in [3.8, 4) is 0 Å². The van der Waals surface area contributed by atoms with E-state index in [2.05, 4.69) is 15.5 Å². The van der Waals surface area contributed by atoms with Gasteiger partial charge in [0, 0.05) is 12.6 Å². The number of carbonyl (C=O) groups excluding carboxylic acids is 1. The third-order valence-corrected chi connectivity index (χ3v) is 2.48. The summed E-state index contributed by atoms with van der Waals surface area (Å²) in [5.74, 6) is -0.317. The van der Waals surface area contributed by atoms with E-state index in [0.29, 0.717) is 24.2 Å².